The quantitative estimate of drug-likeness (QED) is 0.812. The predicted molar refractivity (Wildman–Crippen MR) is 86.9 cm³/mol. The number of nitrogens with one attached hydrogen (secondary N) is 1. The number of hydrogen-bond donors (Lipinski definition) is 2. The zero-order valence-corrected chi connectivity index (χ0v) is 13.8. The number of aromatic amines is 1. The van der Waals surface area contributed by atoms with E-state index in [1.165, 1.54) is 6.07 Å². The van der Waals surface area contributed by atoms with Gasteiger partial charge < -0.3 is 14.7 Å². The lowest BCUT2D eigenvalue weighted by atomic mass is 9.87. The first-order valence-corrected chi connectivity index (χ1v) is 8.36. The van der Waals surface area contributed by atoms with Crippen molar-refractivity contribution < 1.29 is 13.9 Å². The Morgan fingerprint density at radius 1 is 1.43 bits per heavy atom. The molecular formula is C17H20F2N2OS. The van der Waals surface area contributed by atoms with Gasteiger partial charge in [-0.3, -0.25) is 0 Å². The average Bonchev–Trinajstić information content (AvgIpc) is 2.89. The number of benzene rings is 1. The van der Waals surface area contributed by atoms with Gasteiger partial charge in [-0.15, -0.1) is 0 Å². The summed E-state index contributed by atoms with van der Waals surface area (Å²) in [6.07, 6.45) is 4.67. The summed E-state index contributed by atoms with van der Waals surface area (Å²) >= 11 is 5.36. The fourth-order valence-corrected chi connectivity index (χ4v) is 3.64. The number of aliphatic hydroxyl groups is 1. The number of hydrogen-bond acceptors (Lipinski definition) is 2. The van der Waals surface area contributed by atoms with Crippen molar-refractivity contribution in [1.29, 1.82) is 0 Å². The molecule has 0 saturated heterocycles. The molecule has 6 heteroatoms. The summed E-state index contributed by atoms with van der Waals surface area (Å²) < 4.78 is 29.7. The third-order valence-corrected chi connectivity index (χ3v) is 4.83. The van der Waals surface area contributed by atoms with Crippen LogP contribution in [0.4, 0.5) is 8.78 Å². The SMILES string of the molecule is CCC[C@H](O)c1cn(C2CCc3c(F)cc(F)cc3C2)c(=S)[nH]1. The molecule has 3 rings (SSSR count). The fraction of sp³-hybridized carbons (Fsp3) is 0.471. The second-order valence-corrected chi connectivity index (χ2v) is 6.53. The summed E-state index contributed by atoms with van der Waals surface area (Å²) in [6, 6.07) is 2.41. The maximum Gasteiger partial charge on any atom is 0.177 e. The van der Waals surface area contributed by atoms with E-state index < -0.39 is 17.7 Å². The summed E-state index contributed by atoms with van der Waals surface area (Å²) in [5.74, 6) is -1.01. The lowest BCUT2D eigenvalue weighted by Crippen LogP contribution is -2.19. The van der Waals surface area contributed by atoms with Gasteiger partial charge in [-0.1, -0.05) is 13.3 Å². The largest absolute Gasteiger partial charge is 0.387 e. The van der Waals surface area contributed by atoms with Crippen LogP contribution in [0.5, 0.6) is 0 Å². The van der Waals surface area contributed by atoms with E-state index in [1.54, 1.807) is 0 Å². The van der Waals surface area contributed by atoms with Gasteiger partial charge in [-0.05, 0) is 55.1 Å². The van der Waals surface area contributed by atoms with E-state index in [9.17, 15) is 13.9 Å². The molecule has 2 N–H and O–H groups in total. The van der Waals surface area contributed by atoms with Crippen LogP contribution in [0, 0.1) is 16.4 Å². The average molecular weight is 338 g/mol. The zero-order chi connectivity index (χ0) is 16.6. The lowest BCUT2D eigenvalue weighted by Gasteiger charge is -2.26. The van der Waals surface area contributed by atoms with Crippen molar-refractivity contribution in [2.75, 3.05) is 0 Å². The van der Waals surface area contributed by atoms with Crippen LogP contribution in [0.25, 0.3) is 0 Å². The predicted octanol–water partition coefficient (Wildman–Crippen LogP) is 4.39. The Kier molecular flexibility index (Phi) is 4.64. The summed E-state index contributed by atoms with van der Waals surface area (Å²) in [4.78, 5) is 3.05. The summed E-state index contributed by atoms with van der Waals surface area (Å²) in [5, 5.41) is 10.1. The molecule has 0 bridgehead atoms. The van der Waals surface area contributed by atoms with Crippen LogP contribution in [0.15, 0.2) is 18.3 Å². The number of rotatable bonds is 4. The number of nitrogens with zero attached hydrogens (tertiary/aromatic N) is 1. The Hall–Kier alpha value is -1.53. The van der Waals surface area contributed by atoms with Gasteiger partial charge in [0.25, 0.3) is 0 Å². The second-order valence-electron chi connectivity index (χ2n) is 6.15. The first-order valence-electron chi connectivity index (χ1n) is 7.95. The van der Waals surface area contributed by atoms with Crippen LogP contribution < -0.4 is 0 Å². The second kappa shape index (κ2) is 6.53. The van der Waals surface area contributed by atoms with Gasteiger partial charge >= 0.3 is 0 Å². The van der Waals surface area contributed by atoms with Crippen LogP contribution in [0.2, 0.25) is 0 Å². The molecule has 3 nitrogen and oxygen atoms in total. The van der Waals surface area contributed by atoms with Crippen LogP contribution in [0.3, 0.4) is 0 Å². The van der Waals surface area contributed by atoms with Crippen molar-refractivity contribution in [2.24, 2.45) is 0 Å². The smallest absolute Gasteiger partial charge is 0.177 e. The van der Waals surface area contributed by atoms with E-state index in [1.807, 2.05) is 17.7 Å². The molecule has 0 fully saturated rings. The normalized spacial score (nSPS) is 18.7. The summed E-state index contributed by atoms with van der Waals surface area (Å²) in [7, 11) is 0. The van der Waals surface area contributed by atoms with Crippen LogP contribution in [-0.2, 0) is 12.8 Å². The molecule has 2 atom stereocenters. The van der Waals surface area contributed by atoms with Crippen molar-refractivity contribution in [2.45, 2.75) is 51.2 Å². The Balaban J connectivity index is 1.88. The molecule has 1 unspecified atom stereocenters. The topological polar surface area (TPSA) is 41.0 Å². The molecule has 1 aromatic heterocycles. The van der Waals surface area contributed by atoms with E-state index >= 15 is 0 Å². The lowest BCUT2D eigenvalue weighted by molar-refractivity contribution is 0.162. The Morgan fingerprint density at radius 2 is 2.22 bits per heavy atom. The molecule has 124 valence electrons. The molecule has 1 aliphatic carbocycles. The standard InChI is InChI=1S/C17H20F2N2OS/c1-2-3-16(22)15-9-21(17(23)20-15)12-4-5-13-10(7-12)6-11(18)8-14(13)19/h6,8-9,12,16,22H,2-5,7H2,1H3,(H,20,23)/t12?,16-/m0/s1. The number of aliphatic hydroxyl groups excluding tert-OH is 1. The molecular weight excluding hydrogens is 318 g/mol. The molecule has 1 heterocycles. The zero-order valence-electron chi connectivity index (χ0n) is 13.0. The van der Waals surface area contributed by atoms with Crippen LogP contribution in [-0.4, -0.2) is 14.7 Å². The third-order valence-electron chi connectivity index (χ3n) is 4.51. The monoisotopic (exact) mass is 338 g/mol. The van der Waals surface area contributed by atoms with E-state index in [4.69, 9.17) is 12.2 Å². The van der Waals surface area contributed by atoms with Gasteiger partial charge in [0.2, 0.25) is 0 Å². The molecule has 0 saturated carbocycles. The van der Waals surface area contributed by atoms with Gasteiger partial charge in [0.05, 0.1) is 11.8 Å². The number of H-pyrrole nitrogens is 1. The Bertz CT molecular complexity index is 768. The van der Waals surface area contributed by atoms with E-state index in [2.05, 4.69) is 4.98 Å². The van der Waals surface area contributed by atoms with Crippen molar-refractivity contribution in [1.82, 2.24) is 9.55 Å². The maximum atomic E-state index is 13.8. The molecule has 1 aliphatic rings. The first-order chi connectivity index (χ1) is 11.0. The van der Waals surface area contributed by atoms with Gasteiger partial charge in [0.15, 0.2) is 4.77 Å². The molecule has 1 aromatic carbocycles. The Labute approximate surface area is 139 Å². The van der Waals surface area contributed by atoms with E-state index in [0.717, 1.165) is 18.9 Å². The highest BCUT2D eigenvalue weighted by Gasteiger charge is 2.24. The Morgan fingerprint density at radius 3 is 2.96 bits per heavy atom. The van der Waals surface area contributed by atoms with Crippen molar-refractivity contribution in [3.05, 3.63) is 51.6 Å². The molecule has 0 spiro atoms. The number of fused-ring (bicyclic) bond motifs is 1. The van der Waals surface area contributed by atoms with Gasteiger partial charge in [-0.2, -0.15) is 0 Å². The molecule has 2 aromatic rings. The van der Waals surface area contributed by atoms with Crippen LogP contribution in [0.1, 0.15) is 55.2 Å². The van der Waals surface area contributed by atoms with Crippen molar-refractivity contribution >= 4 is 12.2 Å². The van der Waals surface area contributed by atoms with Gasteiger partial charge in [0.1, 0.15) is 11.6 Å². The first kappa shape index (κ1) is 16.3. The minimum atomic E-state index is -0.561. The fourth-order valence-electron chi connectivity index (χ4n) is 3.32. The molecule has 23 heavy (non-hydrogen) atoms. The summed E-state index contributed by atoms with van der Waals surface area (Å²) in [5.41, 5.74) is 2.02. The highest BCUT2D eigenvalue weighted by Crippen LogP contribution is 2.32. The third kappa shape index (κ3) is 3.23. The number of aromatic nitrogens is 2. The van der Waals surface area contributed by atoms with E-state index in [0.29, 0.717) is 40.9 Å². The van der Waals surface area contributed by atoms with Crippen LogP contribution >= 0.6 is 12.2 Å². The number of imidazole rings is 1. The van der Waals surface area contributed by atoms with Gasteiger partial charge in [-0.25, -0.2) is 8.78 Å². The minimum absolute atomic E-state index is 0.0510. The maximum absolute atomic E-state index is 13.8. The minimum Gasteiger partial charge on any atom is -0.387 e. The van der Waals surface area contributed by atoms with Crippen molar-refractivity contribution in [3.63, 3.8) is 0 Å². The molecule has 0 radical (unpaired) electrons. The number of halogens is 2. The molecule has 0 amide bonds. The summed E-state index contributed by atoms with van der Waals surface area (Å²) in [6.45, 7) is 2.01. The van der Waals surface area contributed by atoms with E-state index in [-0.39, 0.29) is 6.04 Å². The highest BCUT2D eigenvalue weighted by molar-refractivity contribution is 7.71. The molecule has 0 aliphatic heterocycles. The van der Waals surface area contributed by atoms with Gasteiger partial charge in [0, 0.05) is 18.3 Å². The van der Waals surface area contributed by atoms with Crippen molar-refractivity contribution in [3.8, 4) is 0 Å². The highest BCUT2D eigenvalue weighted by atomic mass is 32.1.